The molecule has 7 nitrogen and oxygen atoms in total. The number of ether oxygens (including phenoxy) is 1. The lowest BCUT2D eigenvalue weighted by molar-refractivity contribution is 0.415. The molecule has 0 unspecified atom stereocenters. The first kappa shape index (κ1) is 23.1. The zero-order valence-corrected chi connectivity index (χ0v) is 21.7. The summed E-state index contributed by atoms with van der Waals surface area (Å²) in [6.07, 6.45) is 3.84. The van der Waals surface area contributed by atoms with Gasteiger partial charge >= 0.3 is 0 Å². The highest BCUT2D eigenvalue weighted by atomic mass is 32.1. The van der Waals surface area contributed by atoms with E-state index in [9.17, 15) is 4.79 Å². The van der Waals surface area contributed by atoms with Crippen molar-refractivity contribution in [1.82, 2.24) is 24.4 Å². The van der Waals surface area contributed by atoms with Crippen LogP contribution in [0, 0.1) is 0 Å². The third-order valence-electron chi connectivity index (χ3n) is 6.60. The van der Waals surface area contributed by atoms with Gasteiger partial charge in [-0.25, -0.2) is 4.68 Å². The van der Waals surface area contributed by atoms with Crippen LogP contribution in [0.3, 0.4) is 0 Å². The Morgan fingerprint density at radius 3 is 2.33 bits per heavy atom. The number of nitrogens with zero attached hydrogens (tertiary/aromatic N) is 5. The average molecular weight is 528 g/mol. The lowest BCUT2D eigenvalue weighted by Crippen LogP contribution is -2.23. The van der Waals surface area contributed by atoms with E-state index in [4.69, 9.17) is 9.84 Å². The van der Waals surface area contributed by atoms with Gasteiger partial charge in [-0.15, -0.1) is 5.10 Å². The maximum Gasteiger partial charge on any atom is 0.291 e. The molecule has 0 saturated heterocycles. The Labute approximate surface area is 226 Å². The van der Waals surface area contributed by atoms with Crippen molar-refractivity contribution < 1.29 is 4.74 Å². The highest BCUT2D eigenvalue weighted by molar-refractivity contribution is 7.15. The van der Waals surface area contributed by atoms with Gasteiger partial charge in [-0.3, -0.25) is 4.79 Å². The number of aromatic nitrogens is 5. The summed E-state index contributed by atoms with van der Waals surface area (Å²) in [5.74, 6) is 1.25. The van der Waals surface area contributed by atoms with Gasteiger partial charge in [-0.05, 0) is 59.3 Å². The molecule has 7 rings (SSSR count). The molecule has 7 aromatic rings. The van der Waals surface area contributed by atoms with Gasteiger partial charge in [-0.2, -0.15) is 14.6 Å². The zero-order chi connectivity index (χ0) is 26.3. The van der Waals surface area contributed by atoms with E-state index in [0.29, 0.717) is 15.3 Å². The van der Waals surface area contributed by atoms with Crippen molar-refractivity contribution >= 4 is 33.1 Å². The molecule has 0 aliphatic carbocycles. The number of fused-ring (bicyclic) bond motifs is 2. The Bertz CT molecular complexity index is 2080. The normalized spacial score (nSPS) is 12.0. The fraction of sp³-hybridized carbons (Fsp3) is 0.0323. The van der Waals surface area contributed by atoms with Crippen LogP contribution in [0.1, 0.15) is 5.56 Å². The molecule has 0 atom stereocenters. The third kappa shape index (κ3) is 4.17. The molecule has 3 aromatic heterocycles. The minimum Gasteiger partial charge on any atom is -0.497 e. The molecule has 0 saturated carbocycles. The second-order valence-electron chi connectivity index (χ2n) is 9.05. The number of methoxy groups -OCH3 is 1. The van der Waals surface area contributed by atoms with Gasteiger partial charge in [0, 0.05) is 22.9 Å². The smallest absolute Gasteiger partial charge is 0.291 e. The maximum atomic E-state index is 13.4. The maximum absolute atomic E-state index is 13.4. The van der Waals surface area contributed by atoms with Crippen molar-refractivity contribution in [2.24, 2.45) is 0 Å². The molecule has 0 aliphatic heterocycles. The standard InChI is InChI=1S/C31H21N5O2S/c1-38-26-15-13-21(14-16-26)29-32-31-36(34-29)30(37)27(39-31)18-24-19-35(25-9-3-2-4-10-25)33-28(24)23-12-11-20-7-5-6-8-22(20)17-23/h2-19H,1H3/b27-18-. The van der Waals surface area contributed by atoms with E-state index >= 15 is 0 Å². The van der Waals surface area contributed by atoms with Crippen molar-refractivity contribution in [3.63, 3.8) is 0 Å². The van der Waals surface area contributed by atoms with Crippen molar-refractivity contribution in [2.75, 3.05) is 7.11 Å². The van der Waals surface area contributed by atoms with Crippen LogP contribution in [0.4, 0.5) is 0 Å². The predicted molar refractivity (Wildman–Crippen MR) is 154 cm³/mol. The minimum atomic E-state index is -0.209. The minimum absolute atomic E-state index is 0.209. The number of para-hydroxylation sites is 1. The molecule has 0 N–H and O–H groups in total. The lowest BCUT2D eigenvalue weighted by atomic mass is 10.0. The van der Waals surface area contributed by atoms with Crippen LogP contribution in [-0.4, -0.2) is 31.5 Å². The zero-order valence-electron chi connectivity index (χ0n) is 20.9. The van der Waals surface area contributed by atoms with Crippen LogP contribution < -0.4 is 14.8 Å². The van der Waals surface area contributed by atoms with E-state index in [1.165, 1.54) is 15.9 Å². The molecule has 188 valence electrons. The van der Waals surface area contributed by atoms with Crippen LogP contribution in [0.25, 0.3) is 50.1 Å². The molecule has 0 bridgehead atoms. The Hall–Kier alpha value is -5.08. The Morgan fingerprint density at radius 1 is 0.821 bits per heavy atom. The van der Waals surface area contributed by atoms with Crippen molar-refractivity contribution in [1.29, 1.82) is 0 Å². The Morgan fingerprint density at radius 2 is 1.56 bits per heavy atom. The quantitative estimate of drug-likeness (QED) is 0.301. The van der Waals surface area contributed by atoms with Crippen molar-refractivity contribution in [3.8, 4) is 34.1 Å². The van der Waals surface area contributed by atoms with Crippen LogP contribution >= 0.6 is 11.3 Å². The lowest BCUT2D eigenvalue weighted by Gasteiger charge is -2.03. The summed E-state index contributed by atoms with van der Waals surface area (Å²) in [5.41, 5.74) is 4.16. The summed E-state index contributed by atoms with van der Waals surface area (Å²) in [7, 11) is 1.62. The monoisotopic (exact) mass is 527 g/mol. The van der Waals surface area contributed by atoms with Gasteiger partial charge in [-0.1, -0.05) is 65.9 Å². The molecular weight excluding hydrogens is 506 g/mol. The molecule has 8 heteroatoms. The summed E-state index contributed by atoms with van der Waals surface area (Å²) in [6.45, 7) is 0. The number of thiazole rings is 1. The van der Waals surface area contributed by atoms with Crippen LogP contribution in [0.2, 0.25) is 0 Å². The molecule has 3 heterocycles. The molecular formula is C31H21N5O2S. The fourth-order valence-corrected chi connectivity index (χ4v) is 5.50. The van der Waals surface area contributed by atoms with E-state index in [2.05, 4.69) is 40.4 Å². The van der Waals surface area contributed by atoms with Gasteiger partial charge in [0.1, 0.15) is 11.4 Å². The first-order valence-corrected chi connectivity index (χ1v) is 13.2. The Balaban J connectivity index is 1.36. The largest absolute Gasteiger partial charge is 0.497 e. The molecule has 0 amide bonds. The number of hydrogen-bond donors (Lipinski definition) is 0. The molecule has 0 fully saturated rings. The third-order valence-corrected chi connectivity index (χ3v) is 7.56. The molecule has 4 aromatic carbocycles. The number of hydrogen-bond acceptors (Lipinski definition) is 6. The van der Waals surface area contributed by atoms with Crippen LogP contribution in [0.15, 0.2) is 108 Å². The van der Waals surface area contributed by atoms with E-state index in [-0.39, 0.29) is 5.56 Å². The van der Waals surface area contributed by atoms with E-state index < -0.39 is 0 Å². The topological polar surface area (TPSA) is 74.3 Å². The highest BCUT2D eigenvalue weighted by Gasteiger charge is 2.15. The summed E-state index contributed by atoms with van der Waals surface area (Å²) in [5, 5.41) is 11.7. The van der Waals surface area contributed by atoms with E-state index in [1.54, 1.807) is 7.11 Å². The summed E-state index contributed by atoms with van der Waals surface area (Å²) < 4.78 is 8.99. The van der Waals surface area contributed by atoms with Gasteiger partial charge in [0.05, 0.1) is 17.3 Å². The summed E-state index contributed by atoms with van der Waals surface area (Å²) >= 11 is 1.31. The SMILES string of the molecule is COc1ccc(-c2nc3s/c(=C\c4cn(-c5ccccc5)nc4-c4ccc5ccccc5c4)c(=O)n3n2)cc1. The highest BCUT2D eigenvalue weighted by Crippen LogP contribution is 2.28. The average Bonchev–Trinajstić information content (AvgIpc) is 3.68. The van der Waals surface area contributed by atoms with Gasteiger partial charge in [0.25, 0.3) is 5.56 Å². The molecule has 0 radical (unpaired) electrons. The van der Waals surface area contributed by atoms with Crippen molar-refractivity contribution in [2.45, 2.75) is 0 Å². The van der Waals surface area contributed by atoms with Crippen LogP contribution in [0.5, 0.6) is 5.75 Å². The fourth-order valence-electron chi connectivity index (χ4n) is 4.60. The van der Waals surface area contributed by atoms with E-state index in [1.807, 2.05) is 83.7 Å². The molecule has 0 spiro atoms. The van der Waals surface area contributed by atoms with E-state index in [0.717, 1.165) is 44.6 Å². The first-order chi connectivity index (χ1) is 19.2. The number of benzene rings is 4. The van der Waals surface area contributed by atoms with Gasteiger partial charge < -0.3 is 4.74 Å². The Kier molecular flexibility index (Phi) is 5.53. The van der Waals surface area contributed by atoms with Gasteiger partial charge in [0.2, 0.25) is 4.96 Å². The summed E-state index contributed by atoms with van der Waals surface area (Å²) in [4.78, 5) is 18.5. The van der Waals surface area contributed by atoms with Crippen molar-refractivity contribution in [3.05, 3.63) is 124 Å². The van der Waals surface area contributed by atoms with Gasteiger partial charge in [0.15, 0.2) is 5.82 Å². The number of rotatable bonds is 5. The first-order valence-electron chi connectivity index (χ1n) is 12.4. The van der Waals surface area contributed by atoms with Crippen LogP contribution in [-0.2, 0) is 0 Å². The second kappa shape index (κ2) is 9.34. The molecule has 0 aliphatic rings. The predicted octanol–water partition coefficient (Wildman–Crippen LogP) is 5.38. The molecule has 39 heavy (non-hydrogen) atoms. The summed E-state index contributed by atoms with van der Waals surface area (Å²) in [6, 6.07) is 31.9. The second-order valence-corrected chi connectivity index (χ2v) is 10.1.